The molecule has 0 heterocycles. The summed E-state index contributed by atoms with van der Waals surface area (Å²) < 4.78 is 16.4. The average molecular weight is 351 g/mol. The van der Waals surface area contributed by atoms with E-state index in [1.807, 2.05) is 43.3 Å². The van der Waals surface area contributed by atoms with Crippen LogP contribution in [-0.2, 0) is 16.1 Å². The minimum absolute atomic E-state index is 0.0627. The van der Waals surface area contributed by atoms with Crippen molar-refractivity contribution in [2.24, 2.45) is 0 Å². The van der Waals surface area contributed by atoms with Crippen LogP contribution in [0, 0.1) is 11.3 Å². The lowest BCUT2D eigenvalue weighted by Crippen LogP contribution is -2.06. The third kappa shape index (κ3) is 5.38. The predicted molar refractivity (Wildman–Crippen MR) is 98.6 cm³/mol. The standard InChI is InChI=1S/C21H21NO4/c1-3-24-20-13-17(12-18(14-22)21(23)25-4-2)10-11-19(20)26-15-16-8-6-5-7-9-16/h5-13H,3-4,15H2,1-2H3/b18-12+. The Labute approximate surface area is 153 Å². The van der Waals surface area contributed by atoms with Crippen LogP contribution in [0.1, 0.15) is 25.0 Å². The minimum Gasteiger partial charge on any atom is -0.490 e. The zero-order valence-electron chi connectivity index (χ0n) is 14.9. The molecule has 0 aliphatic rings. The molecule has 2 rings (SSSR count). The van der Waals surface area contributed by atoms with Crippen molar-refractivity contribution < 1.29 is 19.0 Å². The smallest absolute Gasteiger partial charge is 0.348 e. The van der Waals surface area contributed by atoms with Crippen LogP contribution in [0.25, 0.3) is 6.08 Å². The Bertz CT molecular complexity index is 807. The number of rotatable bonds is 8. The highest BCUT2D eigenvalue weighted by Gasteiger charge is 2.11. The van der Waals surface area contributed by atoms with Gasteiger partial charge in [-0.3, -0.25) is 0 Å². The Morgan fingerprint density at radius 3 is 2.46 bits per heavy atom. The summed E-state index contributed by atoms with van der Waals surface area (Å²) in [6, 6.07) is 16.9. The molecule has 2 aromatic rings. The van der Waals surface area contributed by atoms with Crippen molar-refractivity contribution >= 4 is 12.0 Å². The zero-order valence-corrected chi connectivity index (χ0v) is 14.9. The Kier molecular flexibility index (Phi) is 7.26. The van der Waals surface area contributed by atoms with E-state index >= 15 is 0 Å². The van der Waals surface area contributed by atoms with Gasteiger partial charge in [0.05, 0.1) is 13.2 Å². The van der Waals surface area contributed by atoms with Gasteiger partial charge in [-0.25, -0.2) is 4.79 Å². The number of nitrogens with zero attached hydrogens (tertiary/aromatic N) is 1. The molecule has 0 atom stereocenters. The second-order valence-electron chi connectivity index (χ2n) is 5.30. The third-order valence-electron chi connectivity index (χ3n) is 3.43. The molecule has 0 unspecified atom stereocenters. The first-order valence-corrected chi connectivity index (χ1v) is 8.40. The average Bonchev–Trinajstić information content (AvgIpc) is 2.66. The zero-order chi connectivity index (χ0) is 18.8. The maximum absolute atomic E-state index is 11.7. The number of esters is 1. The van der Waals surface area contributed by atoms with Crippen LogP contribution in [0.4, 0.5) is 0 Å². The highest BCUT2D eigenvalue weighted by molar-refractivity contribution is 5.97. The number of carbonyl (C=O) groups is 1. The lowest BCUT2D eigenvalue weighted by molar-refractivity contribution is -0.137. The Balaban J connectivity index is 2.22. The van der Waals surface area contributed by atoms with Gasteiger partial charge in [0.25, 0.3) is 0 Å². The van der Waals surface area contributed by atoms with Gasteiger partial charge < -0.3 is 14.2 Å². The molecule has 0 saturated heterocycles. The molecule has 0 aliphatic heterocycles. The number of hydrogen-bond acceptors (Lipinski definition) is 5. The van der Waals surface area contributed by atoms with Crippen molar-refractivity contribution in [2.45, 2.75) is 20.5 Å². The van der Waals surface area contributed by atoms with Gasteiger partial charge in [-0.15, -0.1) is 0 Å². The molecular formula is C21H21NO4. The molecule has 0 aromatic heterocycles. The molecular weight excluding hydrogens is 330 g/mol. The van der Waals surface area contributed by atoms with Crippen LogP contribution in [0.5, 0.6) is 11.5 Å². The number of nitriles is 1. The quantitative estimate of drug-likeness (QED) is 0.406. The van der Waals surface area contributed by atoms with E-state index in [0.717, 1.165) is 5.56 Å². The SMILES string of the molecule is CCOC(=O)/C(C#N)=C/c1ccc(OCc2ccccc2)c(OCC)c1. The molecule has 0 amide bonds. The Hall–Kier alpha value is -3.26. The molecule has 2 aromatic carbocycles. The summed E-state index contributed by atoms with van der Waals surface area (Å²) >= 11 is 0. The van der Waals surface area contributed by atoms with Crippen molar-refractivity contribution in [2.75, 3.05) is 13.2 Å². The largest absolute Gasteiger partial charge is 0.490 e. The lowest BCUT2D eigenvalue weighted by atomic mass is 10.1. The first kappa shape index (κ1) is 19.1. The third-order valence-corrected chi connectivity index (χ3v) is 3.43. The summed E-state index contributed by atoms with van der Waals surface area (Å²) in [5, 5.41) is 9.15. The van der Waals surface area contributed by atoms with Crippen molar-refractivity contribution in [3.63, 3.8) is 0 Å². The van der Waals surface area contributed by atoms with Crippen LogP contribution in [0.15, 0.2) is 54.1 Å². The molecule has 134 valence electrons. The fourth-order valence-corrected chi connectivity index (χ4v) is 2.25. The molecule has 0 radical (unpaired) electrons. The first-order chi connectivity index (χ1) is 12.7. The van der Waals surface area contributed by atoms with E-state index in [4.69, 9.17) is 19.5 Å². The second kappa shape index (κ2) is 9.90. The molecule has 5 heteroatoms. The van der Waals surface area contributed by atoms with E-state index in [0.29, 0.717) is 30.3 Å². The Morgan fingerprint density at radius 2 is 1.81 bits per heavy atom. The minimum atomic E-state index is -0.641. The van der Waals surface area contributed by atoms with Gasteiger partial charge in [-0.05, 0) is 43.2 Å². The highest BCUT2D eigenvalue weighted by atomic mass is 16.5. The summed E-state index contributed by atoms with van der Waals surface area (Å²) in [7, 11) is 0. The van der Waals surface area contributed by atoms with Crippen LogP contribution in [0.3, 0.4) is 0 Å². The van der Waals surface area contributed by atoms with Gasteiger partial charge in [0.15, 0.2) is 11.5 Å². The molecule has 0 aliphatic carbocycles. The predicted octanol–water partition coefficient (Wildman–Crippen LogP) is 4.13. The van der Waals surface area contributed by atoms with E-state index in [2.05, 4.69) is 0 Å². The van der Waals surface area contributed by atoms with E-state index in [-0.39, 0.29) is 12.2 Å². The van der Waals surface area contributed by atoms with Crippen molar-refractivity contribution in [1.29, 1.82) is 5.26 Å². The van der Waals surface area contributed by atoms with Gasteiger partial charge >= 0.3 is 5.97 Å². The van der Waals surface area contributed by atoms with Gasteiger partial charge in [0.2, 0.25) is 0 Å². The van der Waals surface area contributed by atoms with Gasteiger partial charge in [-0.2, -0.15) is 5.26 Å². The van der Waals surface area contributed by atoms with E-state index in [1.165, 1.54) is 6.08 Å². The van der Waals surface area contributed by atoms with E-state index in [9.17, 15) is 4.79 Å². The molecule has 0 N–H and O–H groups in total. The van der Waals surface area contributed by atoms with Gasteiger partial charge in [-0.1, -0.05) is 36.4 Å². The number of hydrogen-bond donors (Lipinski definition) is 0. The molecule has 26 heavy (non-hydrogen) atoms. The normalized spacial score (nSPS) is 10.7. The summed E-state index contributed by atoms with van der Waals surface area (Å²) in [6.07, 6.45) is 1.47. The monoisotopic (exact) mass is 351 g/mol. The maximum atomic E-state index is 11.7. The molecule has 5 nitrogen and oxygen atoms in total. The van der Waals surface area contributed by atoms with Crippen LogP contribution in [0.2, 0.25) is 0 Å². The summed E-state index contributed by atoms with van der Waals surface area (Å²) in [6.45, 7) is 4.68. The fraction of sp³-hybridized carbons (Fsp3) is 0.238. The Morgan fingerprint density at radius 1 is 1.04 bits per heavy atom. The van der Waals surface area contributed by atoms with E-state index < -0.39 is 5.97 Å². The van der Waals surface area contributed by atoms with Crippen molar-refractivity contribution in [3.8, 4) is 17.6 Å². The molecule has 0 fully saturated rings. The summed E-state index contributed by atoms with van der Waals surface area (Å²) in [4.78, 5) is 11.7. The van der Waals surface area contributed by atoms with Gasteiger partial charge in [0, 0.05) is 0 Å². The van der Waals surface area contributed by atoms with Crippen molar-refractivity contribution in [3.05, 3.63) is 65.2 Å². The fourth-order valence-electron chi connectivity index (χ4n) is 2.25. The molecule has 0 spiro atoms. The maximum Gasteiger partial charge on any atom is 0.348 e. The highest BCUT2D eigenvalue weighted by Crippen LogP contribution is 2.30. The number of benzene rings is 2. The molecule has 0 bridgehead atoms. The number of carbonyl (C=O) groups excluding carboxylic acids is 1. The second-order valence-corrected chi connectivity index (χ2v) is 5.30. The number of ether oxygens (including phenoxy) is 3. The lowest BCUT2D eigenvalue weighted by Gasteiger charge is -2.13. The van der Waals surface area contributed by atoms with E-state index in [1.54, 1.807) is 25.1 Å². The van der Waals surface area contributed by atoms with Crippen LogP contribution >= 0.6 is 0 Å². The first-order valence-electron chi connectivity index (χ1n) is 8.40. The van der Waals surface area contributed by atoms with Gasteiger partial charge in [0.1, 0.15) is 18.2 Å². The summed E-state index contributed by atoms with van der Waals surface area (Å²) in [5.41, 5.74) is 1.64. The molecule has 0 saturated carbocycles. The topological polar surface area (TPSA) is 68.6 Å². The van der Waals surface area contributed by atoms with Crippen LogP contribution < -0.4 is 9.47 Å². The van der Waals surface area contributed by atoms with Crippen LogP contribution in [-0.4, -0.2) is 19.2 Å². The summed E-state index contributed by atoms with van der Waals surface area (Å²) in [5.74, 6) is 0.512. The van der Waals surface area contributed by atoms with Crippen molar-refractivity contribution in [1.82, 2.24) is 0 Å².